The Balaban J connectivity index is 1.13. The summed E-state index contributed by atoms with van der Waals surface area (Å²) >= 11 is 0. The fourth-order valence-corrected chi connectivity index (χ4v) is 6.81. The van der Waals surface area contributed by atoms with E-state index >= 15 is 0 Å². The Morgan fingerprint density at radius 2 is 1.26 bits per heavy atom. The van der Waals surface area contributed by atoms with Crippen molar-refractivity contribution >= 4 is 11.9 Å². The zero-order chi connectivity index (χ0) is 23.7. The van der Waals surface area contributed by atoms with E-state index in [0.29, 0.717) is 71.3 Å². The van der Waals surface area contributed by atoms with E-state index in [0.717, 1.165) is 19.3 Å². The standard InChI is InChI=1S/C28H32O6/c1-31-25-9-5-3-7-20(25)27(29)33-15-17-11-22-18-13-19(23(14-18)24(22)12-17)16-34-28(30)21-8-4-6-10-26(21)32-2/h3-10,17-19,22-24H,11-16H2,1-2H3/t17?,18?,19?,22-,23?,24-/m0/s1. The second-order valence-electron chi connectivity index (χ2n) is 9.92. The predicted octanol–water partition coefficient (Wildman–Crippen LogP) is 5.02. The molecule has 2 aromatic carbocycles. The molecule has 0 aromatic heterocycles. The molecule has 0 spiro atoms. The molecule has 6 nitrogen and oxygen atoms in total. The van der Waals surface area contributed by atoms with Gasteiger partial charge in [-0.3, -0.25) is 0 Å². The van der Waals surface area contributed by atoms with Gasteiger partial charge in [-0.05, 0) is 85.5 Å². The van der Waals surface area contributed by atoms with Gasteiger partial charge >= 0.3 is 11.9 Å². The van der Waals surface area contributed by atoms with E-state index in [9.17, 15) is 9.59 Å². The molecule has 3 fully saturated rings. The van der Waals surface area contributed by atoms with Crippen LogP contribution in [0.4, 0.5) is 0 Å². The Kier molecular flexibility index (Phi) is 6.48. The summed E-state index contributed by atoms with van der Waals surface area (Å²) in [4.78, 5) is 25.2. The van der Waals surface area contributed by atoms with Crippen molar-refractivity contribution in [2.45, 2.75) is 25.7 Å². The van der Waals surface area contributed by atoms with Crippen LogP contribution in [0.3, 0.4) is 0 Å². The highest BCUT2D eigenvalue weighted by Gasteiger charge is 2.56. The highest BCUT2D eigenvalue weighted by Crippen LogP contribution is 2.62. The van der Waals surface area contributed by atoms with Gasteiger partial charge in [0, 0.05) is 0 Å². The van der Waals surface area contributed by atoms with Crippen LogP contribution in [0, 0.1) is 35.5 Å². The van der Waals surface area contributed by atoms with Crippen LogP contribution in [0.15, 0.2) is 48.5 Å². The minimum absolute atomic E-state index is 0.315. The third-order valence-electron chi connectivity index (χ3n) is 8.23. The van der Waals surface area contributed by atoms with Crippen molar-refractivity contribution in [3.8, 4) is 11.5 Å². The number of hydrogen-bond acceptors (Lipinski definition) is 6. The zero-order valence-electron chi connectivity index (χ0n) is 19.8. The number of methoxy groups -OCH3 is 2. The van der Waals surface area contributed by atoms with Gasteiger partial charge in [-0.2, -0.15) is 0 Å². The lowest BCUT2D eigenvalue weighted by Crippen LogP contribution is -2.28. The smallest absolute Gasteiger partial charge is 0.341 e. The minimum atomic E-state index is -0.321. The molecule has 2 bridgehead atoms. The third-order valence-corrected chi connectivity index (χ3v) is 8.23. The lowest BCUT2D eigenvalue weighted by atomic mass is 9.76. The number of hydrogen-bond donors (Lipinski definition) is 0. The normalized spacial score (nSPS) is 28.9. The van der Waals surface area contributed by atoms with Crippen LogP contribution in [0.1, 0.15) is 46.4 Å². The fraction of sp³-hybridized carbons (Fsp3) is 0.500. The van der Waals surface area contributed by atoms with E-state index in [4.69, 9.17) is 18.9 Å². The van der Waals surface area contributed by atoms with Crippen molar-refractivity contribution in [1.82, 2.24) is 0 Å². The van der Waals surface area contributed by atoms with Gasteiger partial charge < -0.3 is 18.9 Å². The van der Waals surface area contributed by atoms with Gasteiger partial charge in [0.15, 0.2) is 0 Å². The van der Waals surface area contributed by atoms with Crippen LogP contribution < -0.4 is 9.47 Å². The molecule has 6 heteroatoms. The van der Waals surface area contributed by atoms with Crippen molar-refractivity contribution < 1.29 is 28.5 Å². The Morgan fingerprint density at radius 3 is 1.88 bits per heavy atom. The molecule has 0 radical (unpaired) electrons. The largest absolute Gasteiger partial charge is 0.496 e. The first-order valence-corrected chi connectivity index (χ1v) is 12.2. The van der Waals surface area contributed by atoms with Crippen LogP contribution in [-0.2, 0) is 9.47 Å². The zero-order valence-corrected chi connectivity index (χ0v) is 19.8. The molecule has 34 heavy (non-hydrogen) atoms. The molecule has 5 rings (SSSR count). The van der Waals surface area contributed by atoms with Crippen molar-refractivity contribution in [3.63, 3.8) is 0 Å². The monoisotopic (exact) mass is 464 g/mol. The SMILES string of the molecule is COc1ccccc1C(=O)OCC1C[C@@H]2C3CC(CC3COC(=O)c3ccccc3OC)[C@@H]2C1. The van der Waals surface area contributed by atoms with E-state index in [2.05, 4.69) is 0 Å². The lowest BCUT2D eigenvalue weighted by Gasteiger charge is -2.31. The van der Waals surface area contributed by atoms with Gasteiger partial charge in [-0.25, -0.2) is 9.59 Å². The summed E-state index contributed by atoms with van der Waals surface area (Å²) in [6.07, 6.45) is 4.57. The van der Waals surface area contributed by atoms with Crippen molar-refractivity contribution in [2.75, 3.05) is 27.4 Å². The first-order valence-electron chi connectivity index (χ1n) is 12.2. The first kappa shape index (κ1) is 22.8. The van der Waals surface area contributed by atoms with Gasteiger partial charge in [0.1, 0.15) is 22.6 Å². The Labute approximate surface area is 200 Å². The van der Waals surface area contributed by atoms with Gasteiger partial charge in [0.25, 0.3) is 0 Å². The number of rotatable bonds is 8. The molecule has 0 amide bonds. The number of benzene rings is 2. The molecule has 0 N–H and O–H groups in total. The topological polar surface area (TPSA) is 71.1 Å². The summed E-state index contributed by atoms with van der Waals surface area (Å²) in [6, 6.07) is 14.3. The maximum absolute atomic E-state index is 12.6. The number of ether oxygens (including phenoxy) is 4. The van der Waals surface area contributed by atoms with Crippen molar-refractivity contribution in [2.24, 2.45) is 35.5 Å². The molecule has 2 aromatic rings. The number of carbonyl (C=O) groups is 2. The highest BCUT2D eigenvalue weighted by molar-refractivity contribution is 5.93. The van der Waals surface area contributed by atoms with Crippen LogP contribution >= 0.6 is 0 Å². The van der Waals surface area contributed by atoms with Crippen molar-refractivity contribution in [3.05, 3.63) is 59.7 Å². The van der Waals surface area contributed by atoms with Crippen LogP contribution in [0.2, 0.25) is 0 Å². The highest BCUT2D eigenvalue weighted by atomic mass is 16.5. The van der Waals surface area contributed by atoms with E-state index < -0.39 is 0 Å². The first-order chi connectivity index (χ1) is 16.6. The molecule has 0 saturated heterocycles. The molecular formula is C28H32O6. The molecular weight excluding hydrogens is 432 g/mol. The predicted molar refractivity (Wildman–Crippen MR) is 126 cm³/mol. The van der Waals surface area contributed by atoms with Gasteiger partial charge in [0.2, 0.25) is 0 Å². The quantitative estimate of drug-likeness (QED) is 0.511. The van der Waals surface area contributed by atoms with Gasteiger partial charge in [0.05, 0.1) is 27.4 Å². The van der Waals surface area contributed by atoms with Gasteiger partial charge in [-0.15, -0.1) is 0 Å². The molecule has 180 valence electrons. The summed E-state index contributed by atoms with van der Waals surface area (Å²) in [5, 5.41) is 0. The Morgan fingerprint density at radius 1 is 0.706 bits per heavy atom. The number of esters is 2. The third kappa shape index (κ3) is 4.26. The van der Waals surface area contributed by atoms with Crippen LogP contribution in [0.5, 0.6) is 11.5 Å². The molecule has 4 unspecified atom stereocenters. The molecule has 0 heterocycles. The van der Waals surface area contributed by atoms with Crippen LogP contribution in [0.25, 0.3) is 0 Å². The van der Waals surface area contributed by atoms with E-state index in [1.165, 1.54) is 6.42 Å². The average molecular weight is 465 g/mol. The van der Waals surface area contributed by atoms with Gasteiger partial charge in [-0.1, -0.05) is 24.3 Å². The van der Waals surface area contributed by atoms with E-state index in [1.807, 2.05) is 24.3 Å². The second kappa shape index (κ2) is 9.69. The molecule has 3 aliphatic rings. The molecule has 3 aliphatic carbocycles. The average Bonchev–Trinajstić information content (AvgIpc) is 3.57. The van der Waals surface area contributed by atoms with Crippen molar-refractivity contribution in [1.29, 1.82) is 0 Å². The Hall–Kier alpha value is -3.02. The maximum Gasteiger partial charge on any atom is 0.341 e. The molecule has 6 atom stereocenters. The molecule has 0 aliphatic heterocycles. The number of carbonyl (C=O) groups excluding carboxylic acids is 2. The summed E-state index contributed by atoms with van der Waals surface area (Å²) in [7, 11) is 3.12. The van der Waals surface area contributed by atoms with Crippen LogP contribution in [-0.4, -0.2) is 39.4 Å². The fourth-order valence-electron chi connectivity index (χ4n) is 6.81. The number of fused-ring (bicyclic) bond motifs is 5. The number of para-hydroxylation sites is 2. The summed E-state index contributed by atoms with van der Waals surface area (Å²) in [5.74, 6) is 3.90. The Bertz CT molecular complexity index is 1050. The summed E-state index contributed by atoms with van der Waals surface area (Å²) in [6.45, 7) is 0.922. The van der Waals surface area contributed by atoms with E-state index in [1.54, 1.807) is 38.5 Å². The summed E-state index contributed by atoms with van der Waals surface area (Å²) in [5.41, 5.74) is 0.948. The van der Waals surface area contributed by atoms with E-state index in [-0.39, 0.29) is 11.9 Å². The maximum atomic E-state index is 12.6. The lowest BCUT2D eigenvalue weighted by molar-refractivity contribution is 0.0332. The second-order valence-corrected chi connectivity index (χ2v) is 9.92. The minimum Gasteiger partial charge on any atom is -0.496 e. The molecule has 3 saturated carbocycles. The summed E-state index contributed by atoms with van der Waals surface area (Å²) < 4.78 is 22.0.